The predicted molar refractivity (Wildman–Crippen MR) is 92.3 cm³/mol. The average molecular weight is 349 g/mol. The van der Waals surface area contributed by atoms with Gasteiger partial charge in [0.2, 0.25) is 0 Å². The van der Waals surface area contributed by atoms with E-state index in [2.05, 4.69) is 10.5 Å². The number of hydrogen-bond donors (Lipinski definition) is 3. The first-order valence-corrected chi connectivity index (χ1v) is 7.42. The van der Waals surface area contributed by atoms with E-state index in [1.165, 1.54) is 37.6 Å². The Morgan fingerprint density at radius 3 is 2.58 bits per heavy atom. The Morgan fingerprint density at radius 2 is 1.96 bits per heavy atom. The number of methoxy groups -OCH3 is 1. The van der Waals surface area contributed by atoms with E-state index in [9.17, 15) is 15.0 Å². The van der Waals surface area contributed by atoms with E-state index >= 15 is 0 Å². The highest BCUT2D eigenvalue weighted by Crippen LogP contribution is 2.29. The molecule has 2 aromatic rings. The third-order valence-corrected chi connectivity index (χ3v) is 4.09. The molecule has 0 aliphatic carbocycles. The Bertz CT molecular complexity index is 819. The molecule has 3 N–H and O–H groups in total. The number of carbonyl (C=O) groups excluding carboxylic acids is 1. The maximum absolute atomic E-state index is 12.0. The maximum Gasteiger partial charge on any atom is 0.271 e. The number of aryl methyl sites for hydroxylation is 1. The zero-order valence-electron chi connectivity index (χ0n) is 13.4. The minimum atomic E-state index is -0.514. The minimum Gasteiger partial charge on any atom is -0.507 e. The van der Waals surface area contributed by atoms with Gasteiger partial charge in [0, 0.05) is 16.1 Å². The first-order chi connectivity index (χ1) is 11.3. The molecule has 24 heavy (non-hydrogen) atoms. The molecule has 0 aliphatic rings. The van der Waals surface area contributed by atoms with Gasteiger partial charge in [-0.2, -0.15) is 5.10 Å². The van der Waals surface area contributed by atoms with E-state index in [0.717, 1.165) is 5.56 Å². The van der Waals surface area contributed by atoms with E-state index in [4.69, 9.17) is 16.3 Å². The van der Waals surface area contributed by atoms with E-state index < -0.39 is 5.91 Å². The van der Waals surface area contributed by atoms with Crippen molar-refractivity contribution in [2.75, 3.05) is 7.11 Å². The summed E-state index contributed by atoms with van der Waals surface area (Å²) in [5, 5.41) is 24.0. The lowest BCUT2D eigenvalue weighted by atomic mass is 10.1. The second-order valence-corrected chi connectivity index (χ2v) is 5.53. The van der Waals surface area contributed by atoms with E-state index in [0.29, 0.717) is 16.1 Å². The fraction of sp³-hybridized carbons (Fsp3) is 0.176. The molecule has 0 bridgehead atoms. The number of benzene rings is 2. The molecule has 0 saturated carbocycles. The summed E-state index contributed by atoms with van der Waals surface area (Å²) in [7, 11) is 1.42. The maximum atomic E-state index is 12.0. The third kappa shape index (κ3) is 3.60. The molecule has 0 heterocycles. The number of ether oxygens (including phenoxy) is 1. The molecule has 7 heteroatoms. The van der Waals surface area contributed by atoms with Crippen molar-refractivity contribution in [1.29, 1.82) is 0 Å². The smallest absolute Gasteiger partial charge is 0.271 e. The molecule has 0 aromatic heterocycles. The number of phenolic OH excluding ortho intramolecular Hbond substituents is 2. The van der Waals surface area contributed by atoms with Gasteiger partial charge < -0.3 is 14.9 Å². The quantitative estimate of drug-likeness (QED) is 0.584. The number of rotatable bonds is 4. The molecular weight excluding hydrogens is 332 g/mol. The molecule has 0 spiro atoms. The Labute approximate surface area is 144 Å². The summed E-state index contributed by atoms with van der Waals surface area (Å²) in [6.07, 6.45) is 1.32. The fourth-order valence-electron chi connectivity index (χ4n) is 2.17. The van der Waals surface area contributed by atoms with Gasteiger partial charge in [-0.25, -0.2) is 5.43 Å². The molecule has 6 nitrogen and oxygen atoms in total. The summed E-state index contributed by atoms with van der Waals surface area (Å²) in [5.41, 5.74) is 4.37. The first kappa shape index (κ1) is 17.6. The lowest BCUT2D eigenvalue weighted by molar-refractivity contribution is 0.0954. The normalized spacial score (nSPS) is 10.8. The fourth-order valence-corrected chi connectivity index (χ4v) is 2.32. The Morgan fingerprint density at radius 1 is 1.25 bits per heavy atom. The molecule has 0 radical (unpaired) electrons. The first-order valence-electron chi connectivity index (χ1n) is 7.04. The summed E-state index contributed by atoms with van der Waals surface area (Å²) in [4.78, 5) is 12.0. The lowest BCUT2D eigenvalue weighted by Crippen LogP contribution is -2.17. The van der Waals surface area contributed by atoms with Crippen LogP contribution in [0.1, 0.15) is 27.0 Å². The summed E-state index contributed by atoms with van der Waals surface area (Å²) in [5.74, 6) is -0.369. The third-order valence-electron chi connectivity index (χ3n) is 3.51. The summed E-state index contributed by atoms with van der Waals surface area (Å²) < 4.78 is 4.91. The van der Waals surface area contributed by atoms with Crippen molar-refractivity contribution in [1.82, 2.24) is 5.43 Å². The zero-order valence-corrected chi connectivity index (χ0v) is 14.2. The van der Waals surface area contributed by atoms with Crippen molar-refractivity contribution in [2.45, 2.75) is 13.8 Å². The van der Waals surface area contributed by atoms with Gasteiger partial charge in [-0.15, -0.1) is 0 Å². The highest BCUT2D eigenvalue weighted by molar-refractivity contribution is 6.32. The van der Waals surface area contributed by atoms with Crippen LogP contribution in [0.25, 0.3) is 0 Å². The predicted octanol–water partition coefficient (Wildman–Crippen LogP) is 3.14. The van der Waals surface area contributed by atoms with E-state index in [1.54, 1.807) is 13.8 Å². The van der Waals surface area contributed by atoms with Crippen molar-refractivity contribution in [3.63, 3.8) is 0 Å². The van der Waals surface area contributed by atoms with Gasteiger partial charge in [-0.3, -0.25) is 4.79 Å². The number of nitrogens with zero attached hydrogens (tertiary/aromatic N) is 1. The molecule has 1 amide bonds. The second-order valence-electron chi connectivity index (χ2n) is 5.15. The monoisotopic (exact) mass is 348 g/mol. The van der Waals surface area contributed by atoms with Crippen LogP contribution in [0, 0.1) is 13.8 Å². The zero-order chi connectivity index (χ0) is 17.9. The molecule has 0 atom stereocenters. The van der Waals surface area contributed by atoms with Crippen molar-refractivity contribution in [3.8, 4) is 17.2 Å². The van der Waals surface area contributed by atoms with Crippen LogP contribution in [0.5, 0.6) is 17.2 Å². The van der Waals surface area contributed by atoms with Crippen LogP contribution in [0.4, 0.5) is 0 Å². The van der Waals surface area contributed by atoms with Gasteiger partial charge >= 0.3 is 0 Å². The summed E-state index contributed by atoms with van der Waals surface area (Å²) in [6.45, 7) is 3.54. The van der Waals surface area contributed by atoms with Crippen LogP contribution in [-0.2, 0) is 0 Å². The number of amides is 1. The van der Waals surface area contributed by atoms with Gasteiger partial charge in [0.25, 0.3) is 5.91 Å². The number of aromatic hydroxyl groups is 2. The van der Waals surface area contributed by atoms with Gasteiger partial charge in [-0.1, -0.05) is 11.6 Å². The lowest BCUT2D eigenvalue weighted by Gasteiger charge is -2.09. The van der Waals surface area contributed by atoms with Crippen LogP contribution < -0.4 is 10.2 Å². The topological polar surface area (TPSA) is 91.2 Å². The molecular formula is C17H17ClN2O4. The molecule has 2 rings (SSSR count). The highest BCUT2D eigenvalue weighted by Gasteiger charge is 2.11. The van der Waals surface area contributed by atoms with Crippen LogP contribution in [0.2, 0.25) is 5.02 Å². The molecule has 2 aromatic carbocycles. The van der Waals surface area contributed by atoms with Gasteiger partial charge in [-0.05, 0) is 49.2 Å². The largest absolute Gasteiger partial charge is 0.507 e. The molecule has 0 fully saturated rings. The van der Waals surface area contributed by atoms with Gasteiger partial charge in [0.05, 0.1) is 13.3 Å². The highest BCUT2D eigenvalue weighted by atomic mass is 35.5. The van der Waals surface area contributed by atoms with Crippen molar-refractivity contribution in [3.05, 3.63) is 51.5 Å². The summed E-state index contributed by atoms with van der Waals surface area (Å²) in [6, 6.07) is 5.77. The number of hydrogen-bond acceptors (Lipinski definition) is 5. The van der Waals surface area contributed by atoms with Crippen molar-refractivity contribution in [2.24, 2.45) is 5.10 Å². The van der Waals surface area contributed by atoms with Crippen molar-refractivity contribution < 1.29 is 19.7 Å². The molecule has 126 valence electrons. The number of carbonyl (C=O) groups is 1. The number of phenols is 2. The van der Waals surface area contributed by atoms with Gasteiger partial charge in [0.1, 0.15) is 5.75 Å². The SMILES string of the molecule is COc1ccc(C(=O)N/N=C/c2c(O)cc(C)c(Cl)c2C)cc1O. The van der Waals surface area contributed by atoms with Gasteiger partial charge in [0.15, 0.2) is 11.5 Å². The number of nitrogens with one attached hydrogen (secondary N) is 1. The Hall–Kier alpha value is -2.73. The second kappa shape index (κ2) is 7.23. The van der Waals surface area contributed by atoms with Crippen molar-refractivity contribution >= 4 is 23.7 Å². The van der Waals surface area contributed by atoms with Crippen LogP contribution in [0.3, 0.4) is 0 Å². The minimum absolute atomic E-state index is 0.0227. The van der Waals surface area contributed by atoms with Crippen LogP contribution in [0.15, 0.2) is 29.4 Å². The molecule has 0 aliphatic heterocycles. The average Bonchev–Trinajstić information content (AvgIpc) is 2.55. The number of halogens is 1. The van der Waals surface area contributed by atoms with E-state index in [1.807, 2.05) is 0 Å². The Kier molecular flexibility index (Phi) is 5.31. The Balaban J connectivity index is 2.16. The summed E-state index contributed by atoms with van der Waals surface area (Å²) >= 11 is 6.14. The van der Waals surface area contributed by atoms with E-state index in [-0.39, 0.29) is 22.8 Å². The molecule has 0 unspecified atom stereocenters. The standard InChI is InChI=1S/C17H17ClN2O4/c1-9-6-13(21)12(10(2)16(9)18)8-19-20-17(23)11-4-5-15(24-3)14(22)7-11/h4-8,21-22H,1-3H3,(H,20,23)/b19-8+. The van der Waals surface area contributed by atoms with Crippen LogP contribution in [-0.4, -0.2) is 29.4 Å². The number of hydrazone groups is 1. The molecule has 0 saturated heterocycles. The van der Waals surface area contributed by atoms with Crippen LogP contribution >= 0.6 is 11.6 Å².